The van der Waals surface area contributed by atoms with Gasteiger partial charge in [0.25, 0.3) is 0 Å². The summed E-state index contributed by atoms with van der Waals surface area (Å²) < 4.78 is 27.4. The minimum Gasteiger partial charge on any atom is -0.481 e. The van der Waals surface area contributed by atoms with Crippen LogP contribution < -0.4 is 10.0 Å². The van der Waals surface area contributed by atoms with Crippen LogP contribution in [0.15, 0.2) is 59.5 Å². The van der Waals surface area contributed by atoms with Gasteiger partial charge in [-0.3, -0.25) is 9.59 Å². The largest absolute Gasteiger partial charge is 0.481 e. The van der Waals surface area contributed by atoms with Crippen LogP contribution in [-0.2, 0) is 26.2 Å². The lowest BCUT2D eigenvalue weighted by atomic mass is 9.78. The maximum Gasteiger partial charge on any atom is 0.307 e. The van der Waals surface area contributed by atoms with Crippen LogP contribution in [0.25, 0.3) is 0 Å². The van der Waals surface area contributed by atoms with E-state index in [4.69, 9.17) is 0 Å². The predicted molar refractivity (Wildman–Crippen MR) is 109 cm³/mol. The summed E-state index contributed by atoms with van der Waals surface area (Å²) in [5.41, 5.74) is 1.28. The Kier molecular flexibility index (Phi) is 6.66. The molecule has 1 aliphatic carbocycles. The molecule has 29 heavy (non-hydrogen) atoms. The van der Waals surface area contributed by atoms with Gasteiger partial charge >= 0.3 is 5.97 Å². The van der Waals surface area contributed by atoms with Gasteiger partial charge in [0.15, 0.2) is 0 Å². The first-order valence-electron chi connectivity index (χ1n) is 9.54. The van der Waals surface area contributed by atoms with E-state index in [9.17, 15) is 23.1 Å². The van der Waals surface area contributed by atoms with E-state index in [0.29, 0.717) is 18.5 Å². The summed E-state index contributed by atoms with van der Waals surface area (Å²) in [4.78, 5) is 24.0. The Morgan fingerprint density at radius 3 is 2.17 bits per heavy atom. The molecule has 0 aromatic heterocycles. The molecule has 1 saturated carbocycles. The van der Waals surface area contributed by atoms with Crippen molar-refractivity contribution >= 4 is 27.6 Å². The lowest BCUT2D eigenvalue weighted by molar-refractivity contribution is -0.147. The molecule has 0 heterocycles. The van der Waals surface area contributed by atoms with Crippen LogP contribution in [0.5, 0.6) is 0 Å². The number of carboxylic acid groups (broad SMARTS) is 1. The monoisotopic (exact) mass is 416 g/mol. The number of sulfonamides is 1. The van der Waals surface area contributed by atoms with Crippen LogP contribution in [0.2, 0.25) is 0 Å². The Balaban J connectivity index is 1.63. The van der Waals surface area contributed by atoms with Crippen molar-refractivity contribution in [3.8, 4) is 0 Å². The number of amides is 1. The van der Waals surface area contributed by atoms with Gasteiger partial charge in [0, 0.05) is 12.2 Å². The smallest absolute Gasteiger partial charge is 0.307 e. The van der Waals surface area contributed by atoms with Crippen LogP contribution in [-0.4, -0.2) is 25.4 Å². The average molecular weight is 416 g/mol. The number of hydrogen-bond acceptors (Lipinski definition) is 4. The van der Waals surface area contributed by atoms with Crippen molar-refractivity contribution in [1.82, 2.24) is 4.72 Å². The third kappa shape index (κ3) is 5.42. The van der Waals surface area contributed by atoms with Crippen LogP contribution in [0, 0.1) is 11.8 Å². The Labute approximate surface area is 170 Å². The minimum absolute atomic E-state index is 0.0903. The second kappa shape index (κ2) is 9.19. The van der Waals surface area contributed by atoms with Crippen LogP contribution in [0.1, 0.15) is 31.2 Å². The van der Waals surface area contributed by atoms with Crippen molar-refractivity contribution in [3.63, 3.8) is 0 Å². The Morgan fingerprint density at radius 2 is 1.55 bits per heavy atom. The number of hydrogen-bond donors (Lipinski definition) is 3. The maximum absolute atomic E-state index is 12.5. The number of carbonyl (C=O) groups excluding carboxylic acids is 1. The van der Waals surface area contributed by atoms with E-state index in [-0.39, 0.29) is 17.3 Å². The molecule has 2 aromatic carbocycles. The van der Waals surface area contributed by atoms with Gasteiger partial charge in [0.2, 0.25) is 15.9 Å². The molecule has 3 rings (SSSR count). The van der Waals surface area contributed by atoms with Crippen molar-refractivity contribution in [3.05, 3.63) is 60.2 Å². The Hall–Kier alpha value is -2.71. The molecule has 2 atom stereocenters. The second-order valence-corrected chi connectivity index (χ2v) is 8.93. The molecule has 0 radical (unpaired) electrons. The molecule has 8 heteroatoms. The molecule has 2 unspecified atom stereocenters. The highest BCUT2D eigenvalue weighted by Gasteiger charge is 2.35. The first-order valence-corrected chi connectivity index (χ1v) is 11.0. The zero-order valence-corrected chi connectivity index (χ0v) is 16.7. The Bertz CT molecular complexity index is 958. The van der Waals surface area contributed by atoms with Gasteiger partial charge in [-0.15, -0.1) is 0 Å². The van der Waals surface area contributed by atoms with Crippen molar-refractivity contribution in [2.45, 2.75) is 37.1 Å². The molecule has 0 bridgehead atoms. The van der Waals surface area contributed by atoms with Gasteiger partial charge in [-0.2, -0.15) is 0 Å². The SMILES string of the molecule is O=C(O)C1CCCCC1C(=O)Nc1ccc(S(=O)(=O)NCc2ccccc2)cc1. The first-order chi connectivity index (χ1) is 13.9. The molecule has 1 amide bonds. The lowest BCUT2D eigenvalue weighted by Crippen LogP contribution is -2.36. The fraction of sp³-hybridized carbons (Fsp3) is 0.333. The van der Waals surface area contributed by atoms with Crippen LogP contribution in [0.3, 0.4) is 0 Å². The van der Waals surface area contributed by atoms with E-state index >= 15 is 0 Å². The number of carboxylic acids is 1. The molecule has 1 fully saturated rings. The first kappa shape index (κ1) is 21.0. The minimum atomic E-state index is -3.68. The van der Waals surface area contributed by atoms with E-state index < -0.39 is 27.8 Å². The zero-order chi connectivity index (χ0) is 20.9. The number of nitrogens with one attached hydrogen (secondary N) is 2. The molecule has 7 nitrogen and oxygen atoms in total. The second-order valence-electron chi connectivity index (χ2n) is 7.16. The van der Waals surface area contributed by atoms with Crippen LogP contribution >= 0.6 is 0 Å². The Morgan fingerprint density at radius 1 is 0.931 bits per heavy atom. The summed E-state index contributed by atoms with van der Waals surface area (Å²) in [6.45, 7) is 0.180. The zero-order valence-electron chi connectivity index (χ0n) is 15.9. The molecule has 1 aliphatic rings. The normalized spacial score (nSPS) is 19.4. The molecule has 0 spiro atoms. The molecular weight excluding hydrogens is 392 g/mol. The number of carbonyl (C=O) groups is 2. The summed E-state index contributed by atoms with van der Waals surface area (Å²) in [7, 11) is -3.68. The summed E-state index contributed by atoms with van der Waals surface area (Å²) in [6, 6.07) is 15.0. The van der Waals surface area contributed by atoms with E-state index in [1.165, 1.54) is 24.3 Å². The van der Waals surface area contributed by atoms with E-state index in [2.05, 4.69) is 10.0 Å². The summed E-state index contributed by atoms with van der Waals surface area (Å²) in [5.74, 6) is -2.53. The van der Waals surface area contributed by atoms with Gasteiger partial charge in [-0.1, -0.05) is 43.2 Å². The van der Waals surface area contributed by atoms with Gasteiger partial charge in [-0.25, -0.2) is 13.1 Å². The number of benzene rings is 2. The number of rotatable bonds is 7. The summed E-state index contributed by atoms with van der Waals surface area (Å²) in [6.07, 6.45) is 2.67. The van der Waals surface area contributed by atoms with E-state index in [1.807, 2.05) is 30.3 Å². The summed E-state index contributed by atoms with van der Waals surface area (Å²) in [5, 5.41) is 12.0. The van der Waals surface area contributed by atoms with Crippen molar-refractivity contribution < 1.29 is 23.1 Å². The summed E-state index contributed by atoms with van der Waals surface area (Å²) >= 11 is 0. The fourth-order valence-corrected chi connectivity index (χ4v) is 4.57. The third-order valence-electron chi connectivity index (χ3n) is 5.16. The van der Waals surface area contributed by atoms with Crippen molar-refractivity contribution in [2.75, 3.05) is 5.32 Å². The molecule has 0 aliphatic heterocycles. The van der Waals surface area contributed by atoms with Gasteiger partial charge < -0.3 is 10.4 Å². The average Bonchev–Trinajstić information content (AvgIpc) is 2.73. The molecule has 0 saturated heterocycles. The number of anilines is 1. The van der Waals surface area contributed by atoms with E-state index in [1.54, 1.807) is 0 Å². The van der Waals surface area contributed by atoms with Gasteiger partial charge in [-0.05, 0) is 42.7 Å². The topological polar surface area (TPSA) is 113 Å². The van der Waals surface area contributed by atoms with Gasteiger partial charge in [0.1, 0.15) is 0 Å². The van der Waals surface area contributed by atoms with Gasteiger partial charge in [0.05, 0.1) is 16.7 Å². The van der Waals surface area contributed by atoms with E-state index in [0.717, 1.165) is 18.4 Å². The van der Waals surface area contributed by atoms with Crippen LogP contribution in [0.4, 0.5) is 5.69 Å². The highest BCUT2D eigenvalue weighted by Crippen LogP contribution is 2.31. The van der Waals surface area contributed by atoms with Crippen molar-refractivity contribution in [1.29, 1.82) is 0 Å². The highest BCUT2D eigenvalue weighted by atomic mass is 32.2. The highest BCUT2D eigenvalue weighted by molar-refractivity contribution is 7.89. The fourth-order valence-electron chi connectivity index (χ4n) is 3.55. The third-order valence-corrected chi connectivity index (χ3v) is 6.58. The molecule has 3 N–H and O–H groups in total. The quantitative estimate of drug-likeness (QED) is 0.642. The molecule has 2 aromatic rings. The molecular formula is C21H24N2O5S. The number of aliphatic carboxylic acids is 1. The van der Waals surface area contributed by atoms with Crippen molar-refractivity contribution in [2.24, 2.45) is 11.8 Å². The predicted octanol–water partition coefficient (Wildman–Crippen LogP) is 2.99. The standard InChI is InChI=1S/C21H24N2O5S/c24-20(18-8-4-5-9-19(18)21(25)26)23-16-10-12-17(13-11-16)29(27,28)22-14-15-6-2-1-3-7-15/h1-3,6-7,10-13,18-19,22H,4-5,8-9,14H2,(H,23,24)(H,25,26). The lowest BCUT2D eigenvalue weighted by Gasteiger charge is -2.27. The molecule has 154 valence electrons. The maximum atomic E-state index is 12.5.